The SMILES string of the molecule is CC1CC(CN)CN1Cc1ccc(F)c(C(F)(F)F)c1. The minimum atomic E-state index is -4.66. The van der Waals surface area contributed by atoms with Crippen LogP contribution in [0.2, 0.25) is 0 Å². The van der Waals surface area contributed by atoms with E-state index in [-0.39, 0.29) is 6.04 Å². The Balaban J connectivity index is 2.15. The number of rotatable bonds is 3. The van der Waals surface area contributed by atoms with E-state index in [0.29, 0.717) is 24.6 Å². The molecule has 2 N–H and O–H groups in total. The first-order chi connectivity index (χ1) is 9.31. The summed E-state index contributed by atoms with van der Waals surface area (Å²) in [5.74, 6) is -0.844. The molecule has 2 nitrogen and oxygen atoms in total. The van der Waals surface area contributed by atoms with Gasteiger partial charge in [-0.25, -0.2) is 4.39 Å². The highest BCUT2D eigenvalue weighted by Gasteiger charge is 2.34. The van der Waals surface area contributed by atoms with Crippen molar-refractivity contribution in [2.45, 2.75) is 32.1 Å². The van der Waals surface area contributed by atoms with Crippen LogP contribution in [0.1, 0.15) is 24.5 Å². The Kier molecular flexibility index (Phi) is 4.34. The molecular weight excluding hydrogens is 272 g/mol. The number of benzene rings is 1. The van der Waals surface area contributed by atoms with Crippen molar-refractivity contribution in [2.24, 2.45) is 11.7 Å². The van der Waals surface area contributed by atoms with Gasteiger partial charge in [0.05, 0.1) is 5.56 Å². The van der Waals surface area contributed by atoms with E-state index in [1.54, 1.807) is 0 Å². The van der Waals surface area contributed by atoms with E-state index < -0.39 is 17.6 Å². The van der Waals surface area contributed by atoms with Gasteiger partial charge in [-0.2, -0.15) is 13.2 Å². The summed E-state index contributed by atoms with van der Waals surface area (Å²) in [6.45, 7) is 3.78. The highest BCUT2D eigenvalue weighted by atomic mass is 19.4. The Morgan fingerprint density at radius 2 is 2.05 bits per heavy atom. The van der Waals surface area contributed by atoms with Crippen LogP contribution in [0.25, 0.3) is 0 Å². The molecule has 2 rings (SSSR count). The van der Waals surface area contributed by atoms with Crippen LogP contribution >= 0.6 is 0 Å². The summed E-state index contributed by atoms with van der Waals surface area (Å²) in [6, 6.07) is 3.48. The van der Waals surface area contributed by atoms with Crippen LogP contribution in [0, 0.1) is 11.7 Å². The largest absolute Gasteiger partial charge is 0.419 e. The number of nitrogens with two attached hydrogens (primary N) is 1. The number of halogens is 4. The van der Waals surface area contributed by atoms with Crippen LogP contribution in [0.3, 0.4) is 0 Å². The summed E-state index contributed by atoms with van der Waals surface area (Å²) in [6.07, 6.45) is -3.71. The lowest BCUT2D eigenvalue weighted by Gasteiger charge is -2.21. The fraction of sp³-hybridized carbons (Fsp3) is 0.571. The van der Waals surface area contributed by atoms with Crippen molar-refractivity contribution in [3.05, 3.63) is 35.1 Å². The number of likely N-dealkylation sites (tertiary alicyclic amines) is 1. The molecule has 0 aliphatic carbocycles. The monoisotopic (exact) mass is 290 g/mol. The summed E-state index contributed by atoms with van der Waals surface area (Å²) in [5, 5.41) is 0. The molecule has 0 aromatic heterocycles. The Bertz CT molecular complexity index is 473. The average molecular weight is 290 g/mol. The molecule has 1 aliphatic rings. The molecule has 0 spiro atoms. The van der Waals surface area contributed by atoms with E-state index in [1.165, 1.54) is 6.07 Å². The van der Waals surface area contributed by atoms with Gasteiger partial charge in [-0.05, 0) is 43.5 Å². The van der Waals surface area contributed by atoms with Crippen LogP contribution in [0.15, 0.2) is 18.2 Å². The highest BCUT2D eigenvalue weighted by molar-refractivity contribution is 5.27. The number of nitrogens with zero attached hydrogens (tertiary/aromatic N) is 1. The molecule has 1 aliphatic heterocycles. The summed E-state index contributed by atoms with van der Waals surface area (Å²) in [7, 11) is 0. The second-order valence-electron chi connectivity index (χ2n) is 5.43. The molecule has 1 fully saturated rings. The molecule has 112 valence electrons. The Morgan fingerprint density at radius 1 is 1.35 bits per heavy atom. The van der Waals surface area contributed by atoms with Gasteiger partial charge >= 0.3 is 6.18 Å². The molecule has 1 saturated heterocycles. The van der Waals surface area contributed by atoms with E-state index in [0.717, 1.165) is 25.1 Å². The number of hydrogen-bond acceptors (Lipinski definition) is 2. The molecule has 0 saturated carbocycles. The minimum absolute atomic E-state index is 0.280. The average Bonchev–Trinajstić information content (AvgIpc) is 2.71. The molecule has 0 radical (unpaired) electrons. The molecule has 20 heavy (non-hydrogen) atoms. The normalized spacial score (nSPS) is 24.3. The van der Waals surface area contributed by atoms with Crippen molar-refractivity contribution in [2.75, 3.05) is 13.1 Å². The van der Waals surface area contributed by atoms with Crippen molar-refractivity contribution < 1.29 is 17.6 Å². The van der Waals surface area contributed by atoms with Gasteiger partial charge in [0.1, 0.15) is 5.82 Å². The zero-order valence-corrected chi connectivity index (χ0v) is 11.3. The van der Waals surface area contributed by atoms with Crippen molar-refractivity contribution in [1.29, 1.82) is 0 Å². The predicted octanol–water partition coefficient (Wildman–Crippen LogP) is 3.01. The van der Waals surface area contributed by atoms with Gasteiger partial charge in [0, 0.05) is 19.1 Å². The molecule has 2 atom stereocenters. The van der Waals surface area contributed by atoms with E-state index in [1.807, 2.05) is 6.92 Å². The maximum absolute atomic E-state index is 13.2. The summed E-state index contributed by atoms with van der Waals surface area (Å²) < 4.78 is 51.2. The highest BCUT2D eigenvalue weighted by Crippen LogP contribution is 2.32. The van der Waals surface area contributed by atoms with Crippen molar-refractivity contribution in [1.82, 2.24) is 4.90 Å². The first kappa shape index (κ1) is 15.3. The van der Waals surface area contributed by atoms with E-state index in [4.69, 9.17) is 5.73 Å². The third kappa shape index (κ3) is 3.30. The van der Waals surface area contributed by atoms with Crippen LogP contribution in [0.4, 0.5) is 17.6 Å². The van der Waals surface area contributed by atoms with E-state index in [2.05, 4.69) is 4.90 Å². The number of hydrogen-bond donors (Lipinski definition) is 1. The molecule has 1 aromatic rings. The van der Waals surface area contributed by atoms with Crippen LogP contribution < -0.4 is 5.73 Å². The molecule has 6 heteroatoms. The molecule has 2 unspecified atom stereocenters. The van der Waals surface area contributed by atoms with Gasteiger partial charge in [0.2, 0.25) is 0 Å². The molecule has 0 bridgehead atoms. The molecule has 1 aromatic carbocycles. The van der Waals surface area contributed by atoms with Crippen LogP contribution in [-0.4, -0.2) is 24.0 Å². The van der Waals surface area contributed by atoms with Crippen LogP contribution in [-0.2, 0) is 12.7 Å². The van der Waals surface area contributed by atoms with Crippen molar-refractivity contribution >= 4 is 0 Å². The second kappa shape index (κ2) is 5.69. The van der Waals surface area contributed by atoms with Gasteiger partial charge in [0.15, 0.2) is 0 Å². The third-order valence-electron chi connectivity index (χ3n) is 3.85. The zero-order valence-electron chi connectivity index (χ0n) is 11.3. The van der Waals surface area contributed by atoms with Crippen LogP contribution in [0.5, 0.6) is 0 Å². The fourth-order valence-corrected chi connectivity index (χ4v) is 2.73. The molecule has 0 amide bonds. The van der Waals surface area contributed by atoms with E-state index in [9.17, 15) is 17.6 Å². The Hall–Kier alpha value is -1.14. The lowest BCUT2D eigenvalue weighted by atomic mass is 10.1. The minimum Gasteiger partial charge on any atom is -0.330 e. The zero-order chi connectivity index (χ0) is 14.9. The summed E-state index contributed by atoms with van der Waals surface area (Å²) in [4.78, 5) is 2.09. The Morgan fingerprint density at radius 3 is 2.60 bits per heavy atom. The fourth-order valence-electron chi connectivity index (χ4n) is 2.73. The first-order valence-electron chi connectivity index (χ1n) is 6.61. The maximum Gasteiger partial charge on any atom is 0.419 e. The predicted molar refractivity (Wildman–Crippen MR) is 68.4 cm³/mol. The Labute approximate surface area is 115 Å². The third-order valence-corrected chi connectivity index (χ3v) is 3.85. The quantitative estimate of drug-likeness (QED) is 0.867. The second-order valence-corrected chi connectivity index (χ2v) is 5.43. The van der Waals surface area contributed by atoms with Crippen molar-refractivity contribution in [3.63, 3.8) is 0 Å². The van der Waals surface area contributed by atoms with Gasteiger partial charge in [-0.1, -0.05) is 6.07 Å². The van der Waals surface area contributed by atoms with Gasteiger partial charge < -0.3 is 5.73 Å². The standard InChI is InChI=1S/C14H18F4N2/c1-9-4-11(6-19)8-20(9)7-10-2-3-13(15)12(5-10)14(16,17)18/h2-3,5,9,11H,4,6-8,19H2,1H3. The van der Waals surface area contributed by atoms with Crippen molar-refractivity contribution in [3.8, 4) is 0 Å². The van der Waals surface area contributed by atoms with Gasteiger partial charge in [-0.3, -0.25) is 4.90 Å². The van der Waals surface area contributed by atoms with Gasteiger partial charge in [-0.15, -0.1) is 0 Å². The molecule has 1 heterocycles. The topological polar surface area (TPSA) is 29.3 Å². The van der Waals surface area contributed by atoms with E-state index >= 15 is 0 Å². The number of alkyl halides is 3. The lowest BCUT2D eigenvalue weighted by Crippen LogP contribution is -2.27. The maximum atomic E-state index is 13.2. The van der Waals surface area contributed by atoms with Gasteiger partial charge in [0.25, 0.3) is 0 Å². The smallest absolute Gasteiger partial charge is 0.330 e. The lowest BCUT2D eigenvalue weighted by molar-refractivity contribution is -0.140. The summed E-state index contributed by atoms with van der Waals surface area (Å²) in [5.41, 5.74) is 4.91. The first-order valence-corrected chi connectivity index (χ1v) is 6.61. The molecular formula is C14H18F4N2. The summed E-state index contributed by atoms with van der Waals surface area (Å²) >= 11 is 0.